The Labute approximate surface area is 232 Å². The number of hydrogen-bond acceptors (Lipinski definition) is 6. The lowest BCUT2D eigenvalue weighted by Gasteiger charge is -2.13. The highest BCUT2D eigenvalue weighted by Crippen LogP contribution is 2.23. The fourth-order valence-corrected chi connectivity index (χ4v) is 6.49. The van der Waals surface area contributed by atoms with Crippen molar-refractivity contribution in [3.8, 4) is 11.3 Å². The summed E-state index contributed by atoms with van der Waals surface area (Å²) in [5.74, 6) is 0.697. The molecule has 39 heavy (non-hydrogen) atoms. The van der Waals surface area contributed by atoms with Gasteiger partial charge >= 0.3 is 0 Å². The van der Waals surface area contributed by atoms with Crippen LogP contribution in [0.4, 0.5) is 0 Å². The van der Waals surface area contributed by atoms with E-state index in [0.717, 1.165) is 16.1 Å². The minimum atomic E-state index is -3.88. The smallest absolute Gasteiger partial charge is 0.283 e. The molecule has 0 amide bonds. The number of aryl methyl sites for hydroxylation is 1. The number of rotatable bonds is 9. The first kappa shape index (κ1) is 25.7. The van der Waals surface area contributed by atoms with Gasteiger partial charge in [-0.1, -0.05) is 48.0 Å². The molecule has 2 aromatic carbocycles. The van der Waals surface area contributed by atoms with Crippen molar-refractivity contribution in [1.29, 1.82) is 0 Å². The van der Waals surface area contributed by atoms with Crippen LogP contribution in [0.5, 0.6) is 0 Å². The van der Waals surface area contributed by atoms with Crippen LogP contribution in [0.15, 0.2) is 84.0 Å². The number of pyridine rings is 1. The number of benzene rings is 2. The minimum Gasteiger partial charge on any atom is -0.303 e. The van der Waals surface area contributed by atoms with E-state index < -0.39 is 10.0 Å². The second kappa shape index (κ2) is 10.9. The van der Waals surface area contributed by atoms with Gasteiger partial charge in [0.2, 0.25) is 0 Å². The highest BCUT2D eigenvalue weighted by molar-refractivity contribution is 7.89. The maximum absolute atomic E-state index is 13.0. The fraction of sp³-hybridized carbons (Fsp3) is 0.276. The van der Waals surface area contributed by atoms with Gasteiger partial charge in [-0.3, -0.25) is 0 Å². The molecule has 0 spiro atoms. The Hall–Kier alpha value is -3.53. The van der Waals surface area contributed by atoms with Crippen molar-refractivity contribution in [3.63, 3.8) is 0 Å². The Bertz CT molecular complexity index is 1710. The van der Waals surface area contributed by atoms with E-state index >= 15 is 0 Å². The third-order valence-corrected chi connectivity index (χ3v) is 8.90. The van der Waals surface area contributed by atoms with Gasteiger partial charge in [-0.15, -0.1) is 0 Å². The zero-order valence-corrected chi connectivity index (χ0v) is 23.0. The summed E-state index contributed by atoms with van der Waals surface area (Å²) in [7, 11) is -3.88. The number of halogens is 1. The largest absolute Gasteiger partial charge is 0.303 e. The molecule has 0 atom stereocenters. The molecule has 5 aromatic rings. The summed E-state index contributed by atoms with van der Waals surface area (Å²) in [6.45, 7) is 3.68. The number of hydrogen-bond donors (Lipinski definition) is 0. The molecule has 0 unspecified atom stereocenters. The normalized spacial score (nSPS) is 14.4. The van der Waals surface area contributed by atoms with Gasteiger partial charge in [0.25, 0.3) is 10.0 Å². The van der Waals surface area contributed by atoms with Crippen LogP contribution in [0.1, 0.15) is 36.2 Å². The van der Waals surface area contributed by atoms with Gasteiger partial charge in [0.15, 0.2) is 11.5 Å². The minimum absolute atomic E-state index is 0.0727. The van der Waals surface area contributed by atoms with Crippen LogP contribution in [0.3, 0.4) is 0 Å². The molecule has 6 rings (SSSR count). The van der Waals surface area contributed by atoms with Crippen LogP contribution < -0.4 is 0 Å². The van der Waals surface area contributed by atoms with E-state index in [1.54, 1.807) is 16.6 Å². The summed E-state index contributed by atoms with van der Waals surface area (Å²) in [5, 5.41) is 9.21. The average molecular weight is 561 g/mol. The molecule has 8 nitrogen and oxygen atoms in total. The molecule has 0 aliphatic carbocycles. The second-order valence-corrected chi connectivity index (χ2v) is 12.2. The van der Waals surface area contributed by atoms with E-state index in [1.165, 1.54) is 69.0 Å². The number of likely N-dealkylation sites (tertiary alicyclic amines) is 1. The Kier molecular flexibility index (Phi) is 7.20. The predicted molar refractivity (Wildman–Crippen MR) is 151 cm³/mol. The van der Waals surface area contributed by atoms with Crippen molar-refractivity contribution in [1.82, 2.24) is 28.7 Å². The fourth-order valence-electron chi connectivity index (χ4n) is 5.07. The third kappa shape index (κ3) is 5.61. The third-order valence-electron chi connectivity index (χ3n) is 7.12. The molecule has 4 heterocycles. The zero-order chi connectivity index (χ0) is 26.8. The van der Waals surface area contributed by atoms with E-state index in [9.17, 15) is 8.42 Å². The summed E-state index contributed by atoms with van der Waals surface area (Å²) >= 11 is 6.00. The predicted octanol–water partition coefficient (Wildman–Crippen LogP) is 5.10. The van der Waals surface area contributed by atoms with E-state index in [2.05, 4.69) is 34.3 Å². The lowest BCUT2D eigenvalue weighted by Crippen LogP contribution is -2.20. The van der Waals surface area contributed by atoms with Crippen molar-refractivity contribution >= 4 is 27.3 Å². The van der Waals surface area contributed by atoms with Gasteiger partial charge in [0.05, 0.1) is 23.0 Å². The first-order chi connectivity index (χ1) is 19.0. The molecule has 1 fully saturated rings. The molecule has 1 saturated heterocycles. The van der Waals surface area contributed by atoms with Gasteiger partial charge in [0.1, 0.15) is 0 Å². The quantitative estimate of drug-likeness (QED) is 0.249. The van der Waals surface area contributed by atoms with Crippen molar-refractivity contribution < 1.29 is 8.42 Å². The maximum atomic E-state index is 13.0. The number of aromatic nitrogens is 5. The summed E-state index contributed by atoms with van der Waals surface area (Å²) in [6, 6.07) is 20.5. The molecule has 200 valence electrons. The molecule has 0 N–H and O–H groups in total. The van der Waals surface area contributed by atoms with Crippen LogP contribution >= 0.6 is 11.6 Å². The molecule has 3 aromatic heterocycles. The van der Waals surface area contributed by atoms with Crippen LogP contribution in [-0.4, -0.2) is 56.7 Å². The molecule has 1 aliphatic heterocycles. The van der Waals surface area contributed by atoms with Crippen LogP contribution in [-0.2, 0) is 22.9 Å². The SMILES string of the molecule is O=S(=O)(c1cccc(Cl)c1)n1cc(-c2cccc3nc(Cc4ccc(CCCN5CCCC5)cc4)nn23)cn1. The Morgan fingerprint density at radius 1 is 0.923 bits per heavy atom. The Morgan fingerprint density at radius 2 is 1.69 bits per heavy atom. The van der Waals surface area contributed by atoms with E-state index in [1.807, 2.05) is 18.2 Å². The highest BCUT2D eigenvalue weighted by atomic mass is 35.5. The van der Waals surface area contributed by atoms with Gasteiger partial charge in [-0.05, 0) is 86.8 Å². The standard InChI is InChI=1S/C29H29ClN6O2S/c30-25-7-3-8-26(19-25)39(37,38)35-21-24(20-31-35)27-9-4-10-29-32-28(33-36(27)29)18-23-13-11-22(12-14-23)6-5-17-34-15-1-2-16-34/h3-4,7-14,19-21H,1-2,5-6,15-18H2. The molecular weight excluding hydrogens is 532 g/mol. The van der Waals surface area contributed by atoms with Crippen molar-refractivity contribution in [3.05, 3.63) is 101 Å². The van der Waals surface area contributed by atoms with E-state index in [-0.39, 0.29) is 4.90 Å². The first-order valence-electron chi connectivity index (χ1n) is 13.2. The van der Waals surface area contributed by atoms with Crippen LogP contribution in [0, 0.1) is 0 Å². The summed E-state index contributed by atoms with van der Waals surface area (Å²) in [4.78, 5) is 7.34. The molecule has 0 bridgehead atoms. The van der Waals surface area contributed by atoms with E-state index in [4.69, 9.17) is 21.7 Å². The van der Waals surface area contributed by atoms with E-state index in [0.29, 0.717) is 34.2 Å². The summed E-state index contributed by atoms with van der Waals surface area (Å²) < 4.78 is 28.8. The number of nitrogens with zero attached hydrogens (tertiary/aromatic N) is 6. The zero-order valence-electron chi connectivity index (χ0n) is 21.4. The van der Waals surface area contributed by atoms with Crippen molar-refractivity contribution in [2.75, 3.05) is 19.6 Å². The molecular formula is C29H29ClN6O2S. The van der Waals surface area contributed by atoms with Crippen molar-refractivity contribution in [2.24, 2.45) is 0 Å². The number of fused-ring (bicyclic) bond motifs is 1. The van der Waals surface area contributed by atoms with Crippen LogP contribution in [0.2, 0.25) is 5.02 Å². The van der Waals surface area contributed by atoms with Crippen LogP contribution in [0.25, 0.3) is 16.9 Å². The first-order valence-corrected chi connectivity index (χ1v) is 15.0. The molecule has 0 saturated carbocycles. The molecule has 0 radical (unpaired) electrons. The van der Waals surface area contributed by atoms with Gasteiger partial charge in [-0.2, -0.15) is 22.7 Å². The topological polar surface area (TPSA) is 85.4 Å². The molecule has 1 aliphatic rings. The molecule has 10 heteroatoms. The maximum Gasteiger partial charge on any atom is 0.283 e. The Morgan fingerprint density at radius 3 is 2.49 bits per heavy atom. The van der Waals surface area contributed by atoms with Gasteiger partial charge in [0, 0.05) is 17.0 Å². The van der Waals surface area contributed by atoms with Crippen molar-refractivity contribution in [2.45, 2.75) is 37.0 Å². The Balaban J connectivity index is 1.18. The van der Waals surface area contributed by atoms with Gasteiger partial charge < -0.3 is 4.90 Å². The van der Waals surface area contributed by atoms with Gasteiger partial charge in [-0.25, -0.2) is 9.50 Å². The second-order valence-electron chi connectivity index (χ2n) is 9.92. The average Bonchev–Trinajstić information content (AvgIpc) is 3.71. The lowest BCUT2D eigenvalue weighted by molar-refractivity contribution is 0.334. The summed E-state index contributed by atoms with van der Waals surface area (Å²) in [6.07, 6.45) is 8.55. The summed E-state index contributed by atoms with van der Waals surface area (Å²) in [5.41, 5.74) is 4.50. The highest BCUT2D eigenvalue weighted by Gasteiger charge is 2.20. The lowest BCUT2D eigenvalue weighted by atomic mass is 10.1. The monoisotopic (exact) mass is 560 g/mol.